The molecular weight excluding hydrogens is 268 g/mol. The first-order valence-electron chi connectivity index (χ1n) is 6.80. The summed E-state index contributed by atoms with van der Waals surface area (Å²) in [6.45, 7) is 6.02. The summed E-state index contributed by atoms with van der Waals surface area (Å²) in [5, 5.41) is 0. The lowest BCUT2D eigenvalue weighted by Crippen LogP contribution is -2.37. The predicted octanol–water partition coefficient (Wildman–Crippen LogP) is 3.20. The molecule has 0 N–H and O–H groups in total. The van der Waals surface area contributed by atoms with E-state index in [1.165, 1.54) is 14.2 Å². The summed E-state index contributed by atoms with van der Waals surface area (Å²) >= 11 is 0. The molecule has 0 aromatic heterocycles. The van der Waals surface area contributed by atoms with Crippen molar-refractivity contribution in [3.8, 4) is 0 Å². The number of carbonyl (C=O) groups is 1. The van der Waals surface area contributed by atoms with Crippen LogP contribution < -0.4 is 0 Å². The van der Waals surface area contributed by atoms with Gasteiger partial charge in [-0.1, -0.05) is 49.9 Å². The SMILES string of the molecule is C=C(C(=O)OCCC)C(/C=C/c1ccccc1)(OC)OC. The average Bonchev–Trinajstić information content (AvgIpc) is 2.54. The van der Waals surface area contributed by atoms with Gasteiger partial charge in [0.1, 0.15) is 0 Å². The molecule has 0 aliphatic carbocycles. The fraction of sp³-hybridized carbons (Fsp3) is 0.353. The van der Waals surface area contributed by atoms with Crippen LogP contribution in [-0.2, 0) is 19.0 Å². The first-order valence-corrected chi connectivity index (χ1v) is 6.80. The molecule has 0 saturated heterocycles. The van der Waals surface area contributed by atoms with Crippen LogP contribution >= 0.6 is 0 Å². The zero-order valence-electron chi connectivity index (χ0n) is 12.8. The molecule has 0 heterocycles. The number of methoxy groups -OCH3 is 2. The highest BCUT2D eigenvalue weighted by Crippen LogP contribution is 2.25. The fourth-order valence-corrected chi connectivity index (χ4v) is 1.76. The van der Waals surface area contributed by atoms with Crippen molar-refractivity contribution < 1.29 is 19.0 Å². The van der Waals surface area contributed by atoms with E-state index in [2.05, 4.69) is 6.58 Å². The second-order valence-corrected chi connectivity index (χ2v) is 4.43. The van der Waals surface area contributed by atoms with E-state index in [4.69, 9.17) is 14.2 Å². The Hall–Kier alpha value is -1.91. The van der Waals surface area contributed by atoms with Crippen molar-refractivity contribution in [2.75, 3.05) is 20.8 Å². The van der Waals surface area contributed by atoms with Crippen molar-refractivity contribution in [3.05, 3.63) is 54.1 Å². The number of carbonyl (C=O) groups excluding carboxylic acids is 1. The van der Waals surface area contributed by atoms with Crippen LogP contribution in [-0.4, -0.2) is 32.6 Å². The Morgan fingerprint density at radius 2 is 1.86 bits per heavy atom. The van der Waals surface area contributed by atoms with Gasteiger partial charge in [0.15, 0.2) is 0 Å². The molecule has 0 aliphatic rings. The van der Waals surface area contributed by atoms with Crippen molar-refractivity contribution in [1.29, 1.82) is 0 Å². The van der Waals surface area contributed by atoms with E-state index in [1.807, 2.05) is 43.3 Å². The molecule has 114 valence electrons. The van der Waals surface area contributed by atoms with Gasteiger partial charge < -0.3 is 14.2 Å². The maximum absolute atomic E-state index is 12.0. The summed E-state index contributed by atoms with van der Waals surface area (Å²) in [6.07, 6.45) is 4.20. The number of hydrogen-bond acceptors (Lipinski definition) is 4. The summed E-state index contributed by atoms with van der Waals surface area (Å²) in [5.41, 5.74) is 1.07. The lowest BCUT2D eigenvalue weighted by Gasteiger charge is -2.28. The van der Waals surface area contributed by atoms with Gasteiger partial charge in [0.2, 0.25) is 5.79 Å². The minimum Gasteiger partial charge on any atom is -0.462 e. The van der Waals surface area contributed by atoms with Crippen molar-refractivity contribution >= 4 is 12.0 Å². The van der Waals surface area contributed by atoms with Crippen LogP contribution in [0, 0.1) is 0 Å². The van der Waals surface area contributed by atoms with E-state index in [1.54, 1.807) is 6.08 Å². The average molecular weight is 290 g/mol. The van der Waals surface area contributed by atoms with Crippen molar-refractivity contribution in [3.63, 3.8) is 0 Å². The molecule has 4 heteroatoms. The largest absolute Gasteiger partial charge is 0.462 e. The quantitative estimate of drug-likeness (QED) is 0.419. The van der Waals surface area contributed by atoms with E-state index in [9.17, 15) is 4.79 Å². The predicted molar refractivity (Wildman–Crippen MR) is 82.6 cm³/mol. The standard InChI is InChI=1S/C17H22O4/c1-5-13-21-16(18)14(2)17(19-3,20-4)12-11-15-9-7-6-8-10-15/h6-12H,2,5,13H2,1,3-4H3/b12-11+. The summed E-state index contributed by atoms with van der Waals surface area (Å²) in [5.74, 6) is -1.86. The zero-order valence-corrected chi connectivity index (χ0v) is 12.8. The molecule has 0 spiro atoms. The first-order chi connectivity index (χ1) is 10.1. The van der Waals surface area contributed by atoms with E-state index < -0.39 is 11.8 Å². The third kappa shape index (κ3) is 4.55. The molecule has 4 nitrogen and oxygen atoms in total. The van der Waals surface area contributed by atoms with Gasteiger partial charge in [0, 0.05) is 14.2 Å². The molecular formula is C17H22O4. The highest BCUT2D eigenvalue weighted by Gasteiger charge is 2.35. The van der Waals surface area contributed by atoms with Gasteiger partial charge >= 0.3 is 5.97 Å². The molecule has 1 rings (SSSR count). The van der Waals surface area contributed by atoms with Gasteiger partial charge in [-0.25, -0.2) is 4.79 Å². The third-order valence-electron chi connectivity index (χ3n) is 3.01. The van der Waals surface area contributed by atoms with Gasteiger partial charge in [0.05, 0.1) is 12.2 Å². The van der Waals surface area contributed by atoms with Crippen LogP contribution in [0.5, 0.6) is 0 Å². The van der Waals surface area contributed by atoms with Gasteiger partial charge in [-0.3, -0.25) is 0 Å². The first kappa shape index (κ1) is 17.1. The summed E-state index contributed by atoms with van der Waals surface area (Å²) in [6, 6.07) is 9.64. The lowest BCUT2D eigenvalue weighted by molar-refractivity contribution is -0.162. The molecule has 0 atom stereocenters. The minimum absolute atomic E-state index is 0.105. The van der Waals surface area contributed by atoms with Crippen molar-refractivity contribution in [2.45, 2.75) is 19.1 Å². The highest BCUT2D eigenvalue weighted by molar-refractivity contribution is 5.90. The van der Waals surface area contributed by atoms with Crippen molar-refractivity contribution in [1.82, 2.24) is 0 Å². The molecule has 1 aromatic carbocycles. The van der Waals surface area contributed by atoms with Gasteiger partial charge in [-0.15, -0.1) is 0 Å². The molecule has 0 fully saturated rings. The topological polar surface area (TPSA) is 44.8 Å². The molecule has 21 heavy (non-hydrogen) atoms. The van der Waals surface area contributed by atoms with E-state index in [0.29, 0.717) is 6.61 Å². The van der Waals surface area contributed by atoms with E-state index in [-0.39, 0.29) is 5.57 Å². The van der Waals surface area contributed by atoms with E-state index in [0.717, 1.165) is 12.0 Å². The smallest absolute Gasteiger partial charge is 0.339 e. The Kier molecular flexibility index (Phi) is 6.85. The Morgan fingerprint density at radius 1 is 1.24 bits per heavy atom. The highest BCUT2D eigenvalue weighted by atomic mass is 16.7. The molecule has 0 unspecified atom stereocenters. The molecule has 0 aliphatic heterocycles. The second-order valence-electron chi connectivity index (χ2n) is 4.43. The van der Waals surface area contributed by atoms with Crippen LogP contribution in [0.3, 0.4) is 0 Å². The molecule has 0 amide bonds. The van der Waals surface area contributed by atoms with Gasteiger partial charge in [0.25, 0.3) is 0 Å². The molecule has 0 saturated carbocycles. The van der Waals surface area contributed by atoms with E-state index >= 15 is 0 Å². The number of rotatable bonds is 8. The molecule has 1 aromatic rings. The number of hydrogen-bond donors (Lipinski definition) is 0. The normalized spacial score (nSPS) is 11.6. The Bertz CT molecular complexity index is 487. The molecule has 0 radical (unpaired) electrons. The van der Waals surface area contributed by atoms with Gasteiger partial charge in [-0.2, -0.15) is 0 Å². The minimum atomic E-state index is -1.33. The second kappa shape index (κ2) is 8.39. The monoisotopic (exact) mass is 290 g/mol. The Labute approximate surface area is 126 Å². The Balaban J connectivity index is 2.94. The summed E-state index contributed by atoms with van der Waals surface area (Å²) in [4.78, 5) is 12.0. The summed E-state index contributed by atoms with van der Waals surface area (Å²) in [7, 11) is 2.91. The van der Waals surface area contributed by atoms with Crippen LogP contribution in [0.25, 0.3) is 6.08 Å². The number of benzene rings is 1. The van der Waals surface area contributed by atoms with Crippen LogP contribution in [0.15, 0.2) is 48.6 Å². The van der Waals surface area contributed by atoms with Crippen LogP contribution in [0.4, 0.5) is 0 Å². The van der Waals surface area contributed by atoms with Crippen LogP contribution in [0.2, 0.25) is 0 Å². The van der Waals surface area contributed by atoms with Crippen LogP contribution in [0.1, 0.15) is 18.9 Å². The maximum atomic E-state index is 12.0. The van der Waals surface area contributed by atoms with Crippen molar-refractivity contribution in [2.24, 2.45) is 0 Å². The number of ether oxygens (including phenoxy) is 3. The third-order valence-corrected chi connectivity index (χ3v) is 3.01. The number of esters is 1. The fourth-order valence-electron chi connectivity index (χ4n) is 1.76. The Morgan fingerprint density at radius 3 is 2.38 bits per heavy atom. The lowest BCUT2D eigenvalue weighted by atomic mass is 10.1. The maximum Gasteiger partial charge on any atom is 0.339 e. The van der Waals surface area contributed by atoms with Gasteiger partial charge in [-0.05, 0) is 18.1 Å². The molecule has 0 bridgehead atoms. The summed E-state index contributed by atoms with van der Waals surface area (Å²) < 4.78 is 15.8. The zero-order chi connectivity index (χ0) is 15.7.